The highest BCUT2D eigenvalue weighted by Gasteiger charge is 2.10. The smallest absolute Gasteiger partial charge is 0.189 e. The molecule has 19 heavy (non-hydrogen) atoms. The second kappa shape index (κ2) is 5.53. The largest absolute Gasteiger partial charge is 0.289 e. The minimum atomic E-state index is 0.0143. The van der Waals surface area contributed by atoms with E-state index in [4.69, 9.17) is 0 Å². The van der Waals surface area contributed by atoms with Crippen LogP contribution < -0.4 is 0 Å². The van der Waals surface area contributed by atoms with Crippen LogP contribution in [0.25, 0.3) is 6.08 Å². The van der Waals surface area contributed by atoms with Crippen molar-refractivity contribution in [2.24, 2.45) is 0 Å². The number of rotatable bonds is 4. The third-order valence-electron chi connectivity index (χ3n) is 3.03. The number of nitrogens with zero attached hydrogens (tertiary/aromatic N) is 2. The Bertz CT molecular complexity index is 635. The molecule has 0 fully saturated rings. The van der Waals surface area contributed by atoms with Crippen molar-refractivity contribution in [2.75, 3.05) is 0 Å². The molecule has 0 unspecified atom stereocenters. The highest BCUT2D eigenvalue weighted by atomic mass is 32.1. The summed E-state index contributed by atoms with van der Waals surface area (Å²) in [6.45, 7) is 8.80. The van der Waals surface area contributed by atoms with E-state index in [-0.39, 0.29) is 5.78 Å². The molecule has 4 heteroatoms. The van der Waals surface area contributed by atoms with Crippen LogP contribution in [0.3, 0.4) is 0 Å². The normalized spacial score (nSPS) is 11.4. The highest BCUT2D eigenvalue weighted by Crippen LogP contribution is 2.22. The summed E-state index contributed by atoms with van der Waals surface area (Å²) in [6.07, 6.45) is 5.34. The number of ketones is 1. The zero-order valence-corrected chi connectivity index (χ0v) is 12.5. The van der Waals surface area contributed by atoms with E-state index >= 15 is 0 Å². The van der Waals surface area contributed by atoms with Crippen LogP contribution in [-0.2, 0) is 6.54 Å². The lowest BCUT2D eigenvalue weighted by Crippen LogP contribution is -1.94. The summed E-state index contributed by atoms with van der Waals surface area (Å²) in [6, 6.07) is 2.10. The number of thiophene rings is 1. The van der Waals surface area contributed by atoms with E-state index < -0.39 is 0 Å². The molecule has 0 N–H and O–H groups in total. The standard InChI is InChI=1S/C15H18N2OS/c1-5-17-9-14(11(3)16-17)15(18)7-6-13-8-10(2)19-12(13)4/h6-9H,5H2,1-4H3/b7-6+. The predicted molar refractivity (Wildman–Crippen MR) is 79.8 cm³/mol. The maximum Gasteiger partial charge on any atom is 0.189 e. The number of aryl methyl sites for hydroxylation is 4. The van der Waals surface area contributed by atoms with Gasteiger partial charge in [0.15, 0.2) is 5.78 Å². The monoisotopic (exact) mass is 274 g/mol. The van der Waals surface area contributed by atoms with Crippen molar-refractivity contribution >= 4 is 23.2 Å². The molecule has 0 saturated carbocycles. The molecule has 0 spiro atoms. The van der Waals surface area contributed by atoms with Crippen LogP contribution in [0.5, 0.6) is 0 Å². The van der Waals surface area contributed by atoms with E-state index in [1.165, 1.54) is 9.75 Å². The van der Waals surface area contributed by atoms with Gasteiger partial charge in [0.1, 0.15) is 0 Å². The Morgan fingerprint density at radius 3 is 2.68 bits per heavy atom. The number of hydrogen-bond acceptors (Lipinski definition) is 3. The molecule has 0 aliphatic heterocycles. The van der Waals surface area contributed by atoms with Crippen LogP contribution in [0.2, 0.25) is 0 Å². The average molecular weight is 274 g/mol. The van der Waals surface area contributed by atoms with Crippen LogP contribution in [0.4, 0.5) is 0 Å². The molecule has 2 rings (SSSR count). The number of aromatic nitrogens is 2. The number of carbonyl (C=O) groups excluding carboxylic acids is 1. The molecule has 0 amide bonds. The molecule has 2 heterocycles. The van der Waals surface area contributed by atoms with Crippen molar-refractivity contribution in [3.63, 3.8) is 0 Å². The lowest BCUT2D eigenvalue weighted by atomic mass is 10.1. The maximum absolute atomic E-state index is 12.1. The molecule has 0 aromatic carbocycles. The van der Waals surface area contributed by atoms with E-state index in [0.29, 0.717) is 5.56 Å². The third kappa shape index (κ3) is 3.01. The van der Waals surface area contributed by atoms with Gasteiger partial charge in [-0.2, -0.15) is 5.10 Å². The Balaban J connectivity index is 2.21. The first-order valence-corrected chi connectivity index (χ1v) is 7.16. The number of hydrogen-bond donors (Lipinski definition) is 0. The lowest BCUT2D eigenvalue weighted by Gasteiger charge is -1.92. The molecule has 0 aliphatic rings. The molecule has 2 aromatic heterocycles. The first-order valence-electron chi connectivity index (χ1n) is 6.34. The van der Waals surface area contributed by atoms with E-state index in [2.05, 4.69) is 25.0 Å². The van der Waals surface area contributed by atoms with Gasteiger partial charge in [0.05, 0.1) is 11.3 Å². The summed E-state index contributed by atoms with van der Waals surface area (Å²) >= 11 is 1.75. The summed E-state index contributed by atoms with van der Waals surface area (Å²) in [5.41, 5.74) is 2.59. The fourth-order valence-corrected chi connectivity index (χ4v) is 2.91. The fraction of sp³-hybridized carbons (Fsp3) is 0.333. The Hall–Kier alpha value is -1.68. The number of allylic oxidation sites excluding steroid dienone is 1. The van der Waals surface area contributed by atoms with Gasteiger partial charge in [-0.1, -0.05) is 0 Å². The van der Waals surface area contributed by atoms with Crippen LogP contribution >= 0.6 is 11.3 Å². The summed E-state index contributed by atoms with van der Waals surface area (Å²) in [5, 5.41) is 4.29. The maximum atomic E-state index is 12.1. The zero-order chi connectivity index (χ0) is 14.0. The van der Waals surface area contributed by atoms with E-state index in [9.17, 15) is 4.79 Å². The molecular weight excluding hydrogens is 256 g/mol. The summed E-state index contributed by atoms with van der Waals surface area (Å²) in [4.78, 5) is 14.7. The molecule has 0 atom stereocenters. The summed E-state index contributed by atoms with van der Waals surface area (Å²) in [5.74, 6) is 0.0143. The van der Waals surface area contributed by atoms with Gasteiger partial charge in [-0.05, 0) is 51.5 Å². The van der Waals surface area contributed by atoms with Gasteiger partial charge in [0.25, 0.3) is 0 Å². The van der Waals surface area contributed by atoms with E-state index in [1.807, 2.05) is 26.1 Å². The Kier molecular flexibility index (Phi) is 4.00. The molecule has 100 valence electrons. The van der Waals surface area contributed by atoms with Crippen LogP contribution in [0.15, 0.2) is 18.3 Å². The minimum Gasteiger partial charge on any atom is -0.289 e. The zero-order valence-electron chi connectivity index (χ0n) is 11.7. The van der Waals surface area contributed by atoms with Gasteiger partial charge in [-0.15, -0.1) is 11.3 Å². The van der Waals surface area contributed by atoms with E-state index in [1.54, 1.807) is 22.1 Å². The molecule has 0 radical (unpaired) electrons. The van der Waals surface area contributed by atoms with Crippen molar-refractivity contribution in [3.05, 3.63) is 44.9 Å². The van der Waals surface area contributed by atoms with Crippen molar-refractivity contribution in [3.8, 4) is 0 Å². The summed E-state index contributed by atoms with van der Waals surface area (Å²) < 4.78 is 1.79. The van der Waals surface area contributed by atoms with Gasteiger partial charge in [0, 0.05) is 22.5 Å². The Labute approximate surface area is 117 Å². The molecular formula is C15H18N2OS. The average Bonchev–Trinajstić information content (AvgIpc) is 2.89. The molecule has 3 nitrogen and oxygen atoms in total. The molecule has 0 bridgehead atoms. The van der Waals surface area contributed by atoms with Gasteiger partial charge < -0.3 is 0 Å². The molecule has 0 aliphatic carbocycles. The third-order valence-corrected chi connectivity index (χ3v) is 4.01. The van der Waals surface area contributed by atoms with Crippen LogP contribution in [0, 0.1) is 20.8 Å². The van der Waals surface area contributed by atoms with Gasteiger partial charge >= 0.3 is 0 Å². The van der Waals surface area contributed by atoms with Gasteiger partial charge in [-0.25, -0.2) is 0 Å². The van der Waals surface area contributed by atoms with Crippen LogP contribution in [-0.4, -0.2) is 15.6 Å². The van der Waals surface area contributed by atoms with Crippen molar-refractivity contribution in [1.82, 2.24) is 9.78 Å². The Morgan fingerprint density at radius 2 is 2.16 bits per heavy atom. The van der Waals surface area contributed by atoms with Crippen molar-refractivity contribution in [1.29, 1.82) is 0 Å². The first-order chi connectivity index (χ1) is 9.01. The lowest BCUT2D eigenvalue weighted by molar-refractivity contribution is 0.104. The van der Waals surface area contributed by atoms with Gasteiger partial charge in [-0.3, -0.25) is 9.48 Å². The van der Waals surface area contributed by atoms with E-state index in [0.717, 1.165) is 17.8 Å². The second-order valence-corrected chi connectivity index (χ2v) is 6.01. The van der Waals surface area contributed by atoms with Crippen LogP contribution in [0.1, 0.15) is 38.3 Å². The van der Waals surface area contributed by atoms with Crippen molar-refractivity contribution in [2.45, 2.75) is 34.2 Å². The molecule has 2 aromatic rings. The first kappa shape index (κ1) is 13.7. The van der Waals surface area contributed by atoms with Gasteiger partial charge in [0.2, 0.25) is 0 Å². The Morgan fingerprint density at radius 1 is 1.42 bits per heavy atom. The highest BCUT2D eigenvalue weighted by molar-refractivity contribution is 7.12. The summed E-state index contributed by atoms with van der Waals surface area (Å²) in [7, 11) is 0. The second-order valence-electron chi connectivity index (χ2n) is 4.55. The SMILES string of the molecule is CCn1cc(C(=O)/C=C/c2cc(C)sc2C)c(C)n1. The quantitative estimate of drug-likeness (QED) is 0.628. The molecule has 0 saturated heterocycles. The minimum absolute atomic E-state index is 0.0143. The van der Waals surface area contributed by atoms with Crippen molar-refractivity contribution < 1.29 is 4.79 Å². The topological polar surface area (TPSA) is 34.9 Å². The fourth-order valence-electron chi connectivity index (χ4n) is 1.99. The number of carbonyl (C=O) groups is 1. The predicted octanol–water partition coefficient (Wildman–Crippen LogP) is 3.79.